The summed E-state index contributed by atoms with van der Waals surface area (Å²) in [6.45, 7) is 4.24. The smallest absolute Gasteiger partial charge is 0.222 e. The highest BCUT2D eigenvalue weighted by atomic mass is 32.1. The fourth-order valence-electron chi connectivity index (χ4n) is 4.08. The highest BCUT2D eigenvalue weighted by Crippen LogP contribution is 2.32. The largest absolute Gasteiger partial charge is 0.356 e. The molecule has 1 aromatic heterocycles. The minimum Gasteiger partial charge on any atom is -0.356 e. The van der Waals surface area contributed by atoms with Crippen LogP contribution >= 0.6 is 11.3 Å². The minimum absolute atomic E-state index is 0.0872. The molecule has 1 saturated carbocycles. The van der Waals surface area contributed by atoms with Gasteiger partial charge in [-0.1, -0.05) is 19.8 Å². The van der Waals surface area contributed by atoms with E-state index < -0.39 is 0 Å². The van der Waals surface area contributed by atoms with E-state index in [2.05, 4.69) is 15.6 Å². The van der Waals surface area contributed by atoms with E-state index in [-0.39, 0.29) is 5.91 Å². The van der Waals surface area contributed by atoms with Crippen molar-refractivity contribution >= 4 is 23.2 Å². The molecule has 6 heteroatoms. The molecule has 26 heavy (non-hydrogen) atoms. The third kappa shape index (κ3) is 5.29. The maximum atomic E-state index is 12.6. The summed E-state index contributed by atoms with van der Waals surface area (Å²) in [6.07, 6.45) is 9.28. The van der Waals surface area contributed by atoms with E-state index in [0.717, 1.165) is 49.5 Å². The lowest BCUT2D eigenvalue weighted by Gasteiger charge is -2.32. The number of carbonyl (C=O) groups is 2. The molecule has 2 aliphatic rings. The fourth-order valence-corrected chi connectivity index (χ4v) is 5.06. The van der Waals surface area contributed by atoms with Gasteiger partial charge in [0.25, 0.3) is 0 Å². The van der Waals surface area contributed by atoms with Crippen LogP contribution in [0.1, 0.15) is 74.9 Å². The van der Waals surface area contributed by atoms with Crippen molar-refractivity contribution in [3.05, 3.63) is 16.1 Å². The van der Waals surface area contributed by atoms with Gasteiger partial charge in [-0.2, -0.15) is 0 Å². The average molecular weight is 378 g/mol. The van der Waals surface area contributed by atoms with Crippen LogP contribution in [0.15, 0.2) is 5.38 Å². The van der Waals surface area contributed by atoms with Crippen molar-refractivity contribution in [3.63, 3.8) is 0 Å². The summed E-state index contributed by atoms with van der Waals surface area (Å²) < 4.78 is 0. The van der Waals surface area contributed by atoms with Crippen molar-refractivity contribution in [1.29, 1.82) is 0 Å². The SMILES string of the molecule is CCC(=O)NCCc1csc(C2CCCN(C(=O)CC3CCCC3)C2)n1. The Hall–Kier alpha value is -1.43. The molecule has 2 fully saturated rings. The van der Waals surface area contributed by atoms with Gasteiger partial charge in [0.15, 0.2) is 0 Å². The van der Waals surface area contributed by atoms with Crippen LogP contribution in [0.3, 0.4) is 0 Å². The molecule has 144 valence electrons. The monoisotopic (exact) mass is 377 g/mol. The van der Waals surface area contributed by atoms with Crippen LogP contribution < -0.4 is 5.32 Å². The van der Waals surface area contributed by atoms with Gasteiger partial charge in [0.2, 0.25) is 11.8 Å². The van der Waals surface area contributed by atoms with Crippen LogP contribution in [0.5, 0.6) is 0 Å². The third-order valence-corrected chi connectivity index (χ3v) is 6.71. The Balaban J connectivity index is 1.49. The maximum absolute atomic E-state index is 12.6. The first-order valence-corrected chi connectivity index (χ1v) is 11.0. The van der Waals surface area contributed by atoms with Gasteiger partial charge in [0.1, 0.15) is 0 Å². The second-order valence-corrected chi connectivity index (χ2v) is 8.55. The number of hydrogen-bond donors (Lipinski definition) is 1. The number of rotatable bonds is 7. The van der Waals surface area contributed by atoms with Crippen LogP contribution in [-0.4, -0.2) is 41.3 Å². The molecular formula is C20H31N3O2S. The Morgan fingerprint density at radius 1 is 1.27 bits per heavy atom. The van der Waals surface area contributed by atoms with E-state index >= 15 is 0 Å². The van der Waals surface area contributed by atoms with Gasteiger partial charge in [-0.25, -0.2) is 4.98 Å². The predicted molar refractivity (Wildman–Crippen MR) is 104 cm³/mol. The average Bonchev–Trinajstić information content (AvgIpc) is 3.33. The second kappa shape index (κ2) is 9.49. The molecule has 3 rings (SSSR count). The first-order valence-electron chi connectivity index (χ1n) is 10.1. The van der Waals surface area contributed by atoms with E-state index in [9.17, 15) is 9.59 Å². The topological polar surface area (TPSA) is 62.3 Å². The van der Waals surface area contributed by atoms with E-state index in [4.69, 9.17) is 4.98 Å². The number of thiazole rings is 1. The molecule has 0 radical (unpaired) electrons. The number of aromatic nitrogens is 1. The molecule has 1 N–H and O–H groups in total. The predicted octanol–water partition coefficient (Wildman–Crippen LogP) is 3.50. The van der Waals surface area contributed by atoms with Crippen LogP contribution in [0.2, 0.25) is 0 Å². The Labute approximate surface area is 160 Å². The molecule has 1 aliphatic carbocycles. The summed E-state index contributed by atoms with van der Waals surface area (Å²) in [5.74, 6) is 1.43. The molecule has 1 atom stereocenters. The molecule has 2 heterocycles. The lowest BCUT2D eigenvalue weighted by Crippen LogP contribution is -2.39. The standard InChI is InChI=1S/C20H31N3O2S/c1-2-18(24)21-10-9-17-14-26-20(22-17)16-8-5-11-23(13-16)19(25)12-15-6-3-4-7-15/h14-16H,2-13H2,1H3,(H,21,24). The van der Waals surface area contributed by atoms with Gasteiger partial charge < -0.3 is 10.2 Å². The number of amides is 2. The zero-order valence-electron chi connectivity index (χ0n) is 15.8. The Bertz CT molecular complexity index is 610. The number of nitrogens with one attached hydrogen (secondary N) is 1. The lowest BCUT2D eigenvalue weighted by molar-refractivity contribution is -0.133. The van der Waals surface area contributed by atoms with Gasteiger partial charge in [0.05, 0.1) is 10.7 Å². The molecule has 1 aromatic rings. The molecular weight excluding hydrogens is 346 g/mol. The van der Waals surface area contributed by atoms with E-state index in [1.807, 2.05) is 6.92 Å². The summed E-state index contributed by atoms with van der Waals surface area (Å²) in [6, 6.07) is 0. The van der Waals surface area contributed by atoms with Crippen molar-refractivity contribution in [2.45, 2.75) is 70.6 Å². The van der Waals surface area contributed by atoms with E-state index in [1.54, 1.807) is 11.3 Å². The highest BCUT2D eigenvalue weighted by molar-refractivity contribution is 7.09. The summed E-state index contributed by atoms with van der Waals surface area (Å²) in [7, 11) is 0. The molecule has 1 saturated heterocycles. The first kappa shape index (κ1) is 19.3. The quantitative estimate of drug-likeness (QED) is 0.791. The maximum Gasteiger partial charge on any atom is 0.222 e. The number of likely N-dealkylation sites (tertiary alicyclic amines) is 1. The molecule has 0 aromatic carbocycles. The van der Waals surface area contributed by atoms with Gasteiger partial charge in [-0.3, -0.25) is 9.59 Å². The molecule has 0 spiro atoms. The van der Waals surface area contributed by atoms with E-state index in [1.165, 1.54) is 25.7 Å². The Morgan fingerprint density at radius 2 is 2.08 bits per heavy atom. The van der Waals surface area contributed by atoms with Crippen molar-refractivity contribution < 1.29 is 9.59 Å². The molecule has 5 nitrogen and oxygen atoms in total. The van der Waals surface area contributed by atoms with Crippen molar-refractivity contribution in [1.82, 2.24) is 15.2 Å². The molecule has 1 unspecified atom stereocenters. The summed E-state index contributed by atoms with van der Waals surface area (Å²) in [4.78, 5) is 30.8. The lowest BCUT2D eigenvalue weighted by atomic mass is 9.97. The van der Waals surface area contributed by atoms with Gasteiger partial charge in [-0.15, -0.1) is 11.3 Å². The summed E-state index contributed by atoms with van der Waals surface area (Å²) in [5, 5.41) is 6.16. The summed E-state index contributed by atoms with van der Waals surface area (Å²) in [5.41, 5.74) is 1.05. The third-order valence-electron chi connectivity index (χ3n) is 5.66. The minimum atomic E-state index is 0.0872. The number of hydrogen-bond acceptors (Lipinski definition) is 4. The van der Waals surface area contributed by atoms with Crippen LogP contribution in [0.4, 0.5) is 0 Å². The summed E-state index contributed by atoms with van der Waals surface area (Å²) >= 11 is 1.71. The van der Waals surface area contributed by atoms with Crippen molar-refractivity contribution in [2.24, 2.45) is 5.92 Å². The van der Waals surface area contributed by atoms with Crippen molar-refractivity contribution in [2.75, 3.05) is 19.6 Å². The van der Waals surface area contributed by atoms with Crippen LogP contribution in [0, 0.1) is 5.92 Å². The zero-order valence-corrected chi connectivity index (χ0v) is 16.7. The molecule has 0 bridgehead atoms. The fraction of sp³-hybridized carbons (Fsp3) is 0.750. The number of nitrogens with zero attached hydrogens (tertiary/aromatic N) is 2. The van der Waals surface area contributed by atoms with Crippen LogP contribution in [-0.2, 0) is 16.0 Å². The molecule has 2 amide bonds. The molecule has 1 aliphatic heterocycles. The van der Waals surface area contributed by atoms with E-state index in [0.29, 0.717) is 30.7 Å². The number of piperidine rings is 1. The van der Waals surface area contributed by atoms with Gasteiger partial charge in [-0.05, 0) is 31.6 Å². The normalized spacial score (nSPS) is 21.1. The number of carbonyl (C=O) groups excluding carboxylic acids is 2. The Morgan fingerprint density at radius 3 is 2.85 bits per heavy atom. The Kier molecular flexibility index (Phi) is 7.06. The van der Waals surface area contributed by atoms with Crippen molar-refractivity contribution in [3.8, 4) is 0 Å². The van der Waals surface area contributed by atoms with Crippen LogP contribution in [0.25, 0.3) is 0 Å². The highest BCUT2D eigenvalue weighted by Gasteiger charge is 2.28. The zero-order chi connectivity index (χ0) is 18.4. The van der Waals surface area contributed by atoms with Gasteiger partial charge in [0, 0.05) is 50.2 Å². The second-order valence-electron chi connectivity index (χ2n) is 7.66. The first-order chi connectivity index (χ1) is 12.7. The van der Waals surface area contributed by atoms with Gasteiger partial charge >= 0.3 is 0 Å².